The Bertz CT molecular complexity index is 849. The molecule has 1 heterocycles. The number of benzene rings is 2. The molecule has 7 heteroatoms. The lowest BCUT2D eigenvalue weighted by atomic mass is 10.1. The van der Waals surface area contributed by atoms with E-state index in [4.69, 9.17) is 0 Å². The molecular formula is C16H13FN4OS. The number of urea groups is 1. The highest BCUT2D eigenvalue weighted by Gasteiger charge is 2.11. The number of nitrogens with zero attached hydrogens (tertiary/aromatic N) is 2. The van der Waals surface area contributed by atoms with Gasteiger partial charge in [0.05, 0.1) is 5.69 Å². The van der Waals surface area contributed by atoms with Gasteiger partial charge in [0, 0.05) is 5.56 Å². The number of anilines is 2. The number of halogens is 1. The van der Waals surface area contributed by atoms with Gasteiger partial charge < -0.3 is 5.32 Å². The largest absolute Gasteiger partial charge is 0.325 e. The highest BCUT2D eigenvalue weighted by Crippen LogP contribution is 2.26. The first kappa shape index (κ1) is 15.1. The molecule has 23 heavy (non-hydrogen) atoms. The fourth-order valence-corrected chi connectivity index (χ4v) is 2.72. The second-order valence-electron chi connectivity index (χ2n) is 4.84. The van der Waals surface area contributed by atoms with Crippen LogP contribution in [0.1, 0.15) is 5.56 Å². The minimum Gasteiger partial charge on any atom is -0.305 e. The topological polar surface area (TPSA) is 66.9 Å². The quantitative estimate of drug-likeness (QED) is 0.753. The van der Waals surface area contributed by atoms with Gasteiger partial charge in [0.1, 0.15) is 10.8 Å². The van der Waals surface area contributed by atoms with Crippen LogP contribution in [-0.4, -0.2) is 16.2 Å². The molecule has 1 aromatic heterocycles. The van der Waals surface area contributed by atoms with Crippen molar-refractivity contribution in [3.05, 3.63) is 59.9 Å². The third kappa shape index (κ3) is 3.70. The summed E-state index contributed by atoms with van der Waals surface area (Å²) in [6.07, 6.45) is 0. The Hall–Kier alpha value is -2.80. The van der Waals surface area contributed by atoms with E-state index in [1.54, 1.807) is 12.1 Å². The Morgan fingerprint density at radius 2 is 1.91 bits per heavy atom. The summed E-state index contributed by atoms with van der Waals surface area (Å²) in [6, 6.07) is 13.2. The SMILES string of the molecule is Cc1cccc(-c2nnc(NC(=O)Nc3ccccc3F)s2)c1. The van der Waals surface area contributed by atoms with Gasteiger partial charge in [-0.2, -0.15) is 0 Å². The average molecular weight is 328 g/mol. The van der Waals surface area contributed by atoms with E-state index in [1.165, 1.54) is 23.5 Å². The van der Waals surface area contributed by atoms with Crippen LogP contribution in [0, 0.1) is 12.7 Å². The molecule has 0 aliphatic heterocycles. The minimum absolute atomic E-state index is 0.105. The summed E-state index contributed by atoms with van der Waals surface area (Å²) in [5, 5.41) is 14.0. The van der Waals surface area contributed by atoms with Gasteiger partial charge in [0.25, 0.3) is 0 Å². The zero-order chi connectivity index (χ0) is 16.2. The maximum Gasteiger partial charge on any atom is 0.325 e. The Kier molecular flexibility index (Phi) is 4.29. The van der Waals surface area contributed by atoms with Crippen LogP contribution >= 0.6 is 11.3 Å². The maximum absolute atomic E-state index is 13.5. The molecule has 2 aromatic carbocycles. The van der Waals surface area contributed by atoms with Gasteiger partial charge in [-0.05, 0) is 25.1 Å². The number of nitrogens with one attached hydrogen (secondary N) is 2. The zero-order valence-electron chi connectivity index (χ0n) is 12.2. The summed E-state index contributed by atoms with van der Waals surface area (Å²) in [6.45, 7) is 1.99. The van der Waals surface area contributed by atoms with Crippen LogP contribution in [0.2, 0.25) is 0 Å². The Morgan fingerprint density at radius 1 is 1.09 bits per heavy atom. The summed E-state index contributed by atoms with van der Waals surface area (Å²) >= 11 is 1.25. The first-order chi connectivity index (χ1) is 11.1. The van der Waals surface area contributed by atoms with Crippen LogP contribution in [-0.2, 0) is 0 Å². The first-order valence-corrected chi connectivity index (χ1v) is 7.66. The number of hydrogen-bond donors (Lipinski definition) is 2. The van der Waals surface area contributed by atoms with Crippen molar-refractivity contribution in [3.8, 4) is 10.6 Å². The maximum atomic E-state index is 13.5. The predicted octanol–water partition coefficient (Wildman–Crippen LogP) is 4.30. The average Bonchev–Trinajstić information content (AvgIpc) is 2.98. The van der Waals surface area contributed by atoms with Gasteiger partial charge >= 0.3 is 6.03 Å². The lowest BCUT2D eigenvalue weighted by Gasteiger charge is -2.05. The van der Waals surface area contributed by atoms with Crippen LogP contribution in [0.5, 0.6) is 0 Å². The Morgan fingerprint density at radius 3 is 2.70 bits per heavy atom. The molecule has 0 aliphatic rings. The molecule has 3 rings (SSSR count). The van der Waals surface area contributed by atoms with Crippen molar-refractivity contribution in [2.24, 2.45) is 0 Å². The van der Waals surface area contributed by atoms with Crippen LogP contribution in [0.15, 0.2) is 48.5 Å². The number of para-hydroxylation sites is 1. The third-order valence-corrected chi connectivity index (χ3v) is 3.92. The molecule has 0 aliphatic carbocycles. The second-order valence-corrected chi connectivity index (χ2v) is 5.82. The molecule has 0 unspecified atom stereocenters. The summed E-state index contributed by atoms with van der Waals surface area (Å²) in [5.74, 6) is -0.500. The third-order valence-electron chi connectivity index (χ3n) is 3.03. The number of rotatable bonds is 3. The van der Waals surface area contributed by atoms with Crippen LogP contribution in [0.4, 0.5) is 20.0 Å². The van der Waals surface area contributed by atoms with Crippen molar-refractivity contribution in [1.29, 1.82) is 0 Å². The first-order valence-electron chi connectivity index (χ1n) is 6.85. The Balaban J connectivity index is 1.69. The lowest BCUT2D eigenvalue weighted by Crippen LogP contribution is -2.19. The van der Waals surface area contributed by atoms with Gasteiger partial charge in [-0.15, -0.1) is 10.2 Å². The monoisotopic (exact) mass is 328 g/mol. The fraction of sp³-hybridized carbons (Fsp3) is 0.0625. The molecule has 0 radical (unpaired) electrons. The van der Waals surface area contributed by atoms with E-state index >= 15 is 0 Å². The Labute approximate surface area is 136 Å². The molecular weight excluding hydrogens is 315 g/mol. The molecule has 0 saturated carbocycles. The summed E-state index contributed by atoms with van der Waals surface area (Å²) in [7, 11) is 0. The lowest BCUT2D eigenvalue weighted by molar-refractivity contribution is 0.262. The molecule has 0 fully saturated rings. The summed E-state index contributed by atoms with van der Waals surface area (Å²) in [5.41, 5.74) is 2.16. The van der Waals surface area contributed by atoms with E-state index in [0.717, 1.165) is 11.1 Å². The number of aryl methyl sites for hydroxylation is 1. The molecule has 0 bridgehead atoms. The van der Waals surface area contributed by atoms with Crippen molar-refractivity contribution >= 4 is 28.2 Å². The molecule has 2 amide bonds. The van der Waals surface area contributed by atoms with Crippen molar-refractivity contribution < 1.29 is 9.18 Å². The second kappa shape index (κ2) is 6.53. The van der Waals surface area contributed by atoms with Gasteiger partial charge in [-0.3, -0.25) is 5.32 Å². The number of carbonyl (C=O) groups is 1. The minimum atomic E-state index is -0.568. The summed E-state index contributed by atoms with van der Waals surface area (Å²) in [4.78, 5) is 11.9. The van der Waals surface area contributed by atoms with Crippen molar-refractivity contribution in [2.75, 3.05) is 10.6 Å². The van der Waals surface area contributed by atoms with Gasteiger partial charge in [-0.1, -0.05) is 47.2 Å². The number of aromatic nitrogens is 2. The highest BCUT2D eigenvalue weighted by molar-refractivity contribution is 7.18. The van der Waals surface area contributed by atoms with E-state index in [0.29, 0.717) is 10.1 Å². The number of carbonyl (C=O) groups excluding carboxylic acids is 1. The number of amides is 2. The van der Waals surface area contributed by atoms with E-state index in [-0.39, 0.29) is 5.69 Å². The van der Waals surface area contributed by atoms with Crippen molar-refractivity contribution in [1.82, 2.24) is 10.2 Å². The standard InChI is InChI=1S/C16H13FN4OS/c1-10-5-4-6-11(9-10)14-20-21-16(23-14)19-15(22)18-13-8-3-2-7-12(13)17/h2-9H,1H3,(H2,18,19,21,22). The number of hydrogen-bond acceptors (Lipinski definition) is 4. The molecule has 2 N–H and O–H groups in total. The van der Waals surface area contributed by atoms with Gasteiger partial charge in [-0.25, -0.2) is 9.18 Å². The van der Waals surface area contributed by atoms with Crippen LogP contribution in [0.3, 0.4) is 0 Å². The van der Waals surface area contributed by atoms with E-state index in [1.807, 2.05) is 31.2 Å². The molecule has 0 atom stereocenters. The smallest absolute Gasteiger partial charge is 0.305 e. The van der Waals surface area contributed by atoms with E-state index in [9.17, 15) is 9.18 Å². The normalized spacial score (nSPS) is 10.3. The molecule has 0 spiro atoms. The predicted molar refractivity (Wildman–Crippen MR) is 89.1 cm³/mol. The van der Waals surface area contributed by atoms with Crippen LogP contribution < -0.4 is 10.6 Å². The molecule has 3 aromatic rings. The van der Waals surface area contributed by atoms with Gasteiger partial charge in [0.2, 0.25) is 5.13 Å². The van der Waals surface area contributed by atoms with Crippen molar-refractivity contribution in [2.45, 2.75) is 6.92 Å². The zero-order valence-corrected chi connectivity index (χ0v) is 13.0. The van der Waals surface area contributed by atoms with Gasteiger partial charge in [0.15, 0.2) is 0 Å². The molecule has 0 saturated heterocycles. The van der Waals surface area contributed by atoms with E-state index in [2.05, 4.69) is 20.8 Å². The molecule has 5 nitrogen and oxygen atoms in total. The van der Waals surface area contributed by atoms with E-state index < -0.39 is 11.8 Å². The highest BCUT2D eigenvalue weighted by atomic mass is 32.1. The molecule has 116 valence electrons. The van der Waals surface area contributed by atoms with Crippen molar-refractivity contribution in [3.63, 3.8) is 0 Å². The van der Waals surface area contributed by atoms with Crippen LogP contribution in [0.25, 0.3) is 10.6 Å². The summed E-state index contributed by atoms with van der Waals surface area (Å²) < 4.78 is 13.5. The fourth-order valence-electron chi connectivity index (χ4n) is 1.98.